The summed E-state index contributed by atoms with van der Waals surface area (Å²) in [6, 6.07) is -0.492. The van der Waals surface area contributed by atoms with Crippen molar-refractivity contribution in [1.29, 1.82) is 0 Å². The molecule has 1 rings (SSSR count). The fourth-order valence-electron chi connectivity index (χ4n) is 1.02. The average molecular weight is 199 g/mol. The van der Waals surface area contributed by atoms with Gasteiger partial charge in [0, 0.05) is 19.0 Å². The summed E-state index contributed by atoms with van der Waals surface area (Å²) in [5.74, 6) is 0.129. The molecule has 0 radical (unpaired) electrons. The van der Waals surface area contributed by atoms with Crippen LogP contribution >= 0.6 is 0 Å². The molecule has 0 bridgehead atoms. The number of carbonyl (C=O) groups is 2. The first-order valence-electron chi connectivity index (χ1n) is 4.92. The summed E-state index contributed by atoms with van der Waals surface area (Å²) in [4.78, 5) is 22.1. The van der Waals surface area contributed by atoms with E-state index in [1.165, 1.54) is 0 Å². The van der Waals surface area contributed by atoms with E-state index in [-0.39, 0.29) is 17.7 Å². The first kappa shape index (κ1) is 11.0. The van der Waals surface area contributed by atoms with Crippen molar-refractivity contribution in [3.8, 4) is 0 Å². The maximum absolute atomic E-state index is 11.1. The van der Waals surface area contributed by atoms with Gasteiger partial charge < -0.3 is 16.4 Å². The molecular weight excluding hydrogens is 182 g/mol. The molecule has 14 heavy (non-hydrogen) atoms. The third-order valence-corrected chi connectivity index (χ3v) is 2.09. The number of nitrogens with one attached hydrogen (secondary N) is 2. The number of hydrogen-bond donors (Lipinski definition) is 3. The van der Waals surface area contributed by atoms with Gasteiger partial charge in [-0.25, -0.2) is 0 Å². The van der Waals surface area contributed by atoms with Gasteiger partial charge in [0.15, 0.2) is 0 Å². The molecule has 0 heterocycles. The predicted octanol–water partition coefficient (Wildman–Crippen LogP) is -1.02. The Kier molecular flexibility index (Phi) is 3.88. The highest BCUT2D eigenvalue weighted by molar-refractivity contribution is 5.82. The maximum Gasteiger partial charge on any atom is 0.236 e. The number of rotatable bonds is 5. The van der Waals surface area contributed by atoms with Crippen molar-refractivity contribution in [3.05, 3.63) is 0 Å². The van der Waals surface area contributed by atoms with Crippen LogP contribution in [0.3, 0.4) is 0 Å². The molecule has 0 spiro atoms. The van der Waals surface area contributed by atoms with Crippen molar-refractivity contribution >= 4 is 11.8 Å². The van der Waals surface area contributed by atoms with Crippen LogP contribution in [0.2, 0.25) is 0 Å². The van der Waals surface area contributed by atoms with Gasteiger partial charge in [0.2, 0.25) is 11.8 Å². The Bertz CT molecular complexity index is 208. The molecule has 0 aromatic heterocycles. The highest BCUT2D eigenvalue weighted by Crippen LogP contribution is 2.28. The standard InChI is InChI=1S/C9H17N3O2/c1-6(10)8(13)11-4-5-12-9(14)7-2-3-7/h6-7H,2-5,10H2,1H3,(H,11,13)(H,12,14). The van der Waals surface area contributed by atoms with Crippen LogP contribution in [-0.2, 0) is 9.59 Å². The second-order valence-corrected chi connectivity index (χ2v) is 3.65. The molecule has 0 aliphatic heterocycles. The second kappa shape index (κ2) is 4.95. The summed E-state index contributed by atoms with van der Waals surface area (Å²) in [6.45, 7) is 2.55. The average Bonchev–Trinajstić information content (AvgIpc) is 2.94. The number of hydrogen-bond acceptors (Lipinski definition) is 3. The summed E-state index contributed by atoms with van der Waals surface area (Å²) >= 11 is 0. The third-order valence-electron chi connectivity index (χ3n) is 2.09. The molecule has 0 saturated heterocycles. The fourth-order valence-corrected chi connectivity index (χ4v) is 1.02. The highest BCUT2D eigenvalue weighted by Gasteiger charge is 2.28. The molecule has 80 valence electrons. The molecule has 5 heteroatoms. The lowest BCUT2D eigenvalue weighted by molar-refractivity contribution is -0.123. The summed E-state index contributed by atoms with van der Waals surface area (Å²) in [5.41, 5.74) is 5.34. The van der Waals surface area contributed by atoms with Crippen LogP contribution < -0.4 is 16.4 Å². The Morgan fingerprint density at radius 3 is 2.43 bits per heavy atom. The van der Waals surface area contributed by atoms with Crippen molar-refractivity contribution in [2.75, 3.05) is 13.1 Å². The van der Waals surface area contributed by atoms with Crippen LogP contribution in [0, 0.1) is 5.92 Å². The molecule has 0 aromatic carbocycles. The van der Waals surface area contributed by atoms with Crippen molar-refractivity contribution in [2.24, 2.45) is 11.7 Å². The zero-order valence-electron chi connectivity index (χ0n) is 8.38. The van der Waals surface area contributed by atoms with Crippen molar-refractivity contribution in [3.63, 3.8) is 0 Å². The van der Waals surface area contributed by atoms with Gasteiger partial charge in [-0.05, 0) is 19.8 Å². The van der Waals surface area contributed by atoms with Crippen LogP contribution in [0.1, 0.15) is 19.8 Å². The molecule has 1 fully saturated rings. The van der Waals surface area contributed by atoms with E-state index in [0.29, 0.717) is 13.1 Å². The Balaban J connectivity index is 1.98. The summed E-state index contributed by atoms with van der Waals surface area (Å²) in [6.07, 6.45) is 2.00. The fraction of sp³-hybridized carbons (Fsp3) is 0.778. The van der Waals surface area contributed by atoms with E-state index in [9.17, 15) is 9.59 Å². The molecule has 1 unspecified atom stereocenters. The zero-order valence-corrected chi connectivity index (χ0v) is 8.38. The monoisotopic (exact) mass is 199 g/mol. The van der Waals surface area contributed by atoms with Gasteiger partial charge in [0.1, 0.15) is 0 Å². The second-order valence-electron chi connectivity index (χ2n) is 3.65. The van der Waals surface area contributed by atoms with E-state index in [1.807, 2.05) is 0 Å². The first-order valence-corrected chi connectivity index (χ1v) is 4.92. The molecule has 0 aromatic rings. The molecule has 1 saturated carbocycles. The van der Waals surface area contributed by atoms with Crippen LogP contribution in [0.4, 0.5) is 0 Å². The van der Waals surface area contributed by atoms with Gasteiger partial charge in [-0.2, -0.15) is 0 Å². The SMILES string of the molecule is CC(N)C(=O)NCCNC(=O)C1CC1. The Labute approximate surface area is 83.4 Å². The van der Waals surface area contributed by atoms with Gasteiger partial charge in [-0.1, -0.05) is 0 Å². The molecular formula is C9H17N3O2. The minimum atomic E-state index is -0.492. The topological polar surface area (TPSA) is 84.2 Å². The van der Waals surface area contributed by atoms with E-state index in [1.54, 1.807) is 6.92 Å². The summed E-state index contributed by atoms with van der Waals surface area (Å²) < 4.78 is 0. The van der Waals surface area contributed by atoms with Gasteiger partial charge in [0.25, 0.3) is 0 Å². The normalized spacial score (nSPS) is 17.3. The van der Waals surface area contributed by atoms with Crippen molar-refractivity contribution in [2.45, 2.75) is 25.8 Å². The maximum atomic E-state index is 11.1. The number of carbonyl (C=O) groups excluding carboxylic acids is 2. The van der Waals surface area contributed by atoms with E-state index < -0.39 is 6.04 Å². The quantitative estimate of drug-likeness (QED) is 0.495. The lowest BCUT2D eigenvalue weighted by atomic mass is 10.3. The lowest BCUT2D eigenvalue weighted by Gasteiger charge is -2.08. The molecule has 5 nitrogen and oxygen atoms in total. The van der Waals surface area contributed by atoms with Gasteiger partial charge in [0.05, 0.1) is 6.04 Å². The lowest BCUT2D eigenvalue weighted by Crippen LogP contribution is -2.42. The van der Waals surface area contributed by atoms with Crippen LogP contribution in [0.15, 0.2) is 0 Å². The van der Waals surface area contributed by atoms with Gasteiger partial charge in [-0.3, -0.25) is 9.59 Å². The Hall–Kier alpha value is -1.10. The van der Waals surface area contributed by atoms with E-state index in [4.69, 9.17) is 5.73 Å². The molecule has 2 amide bonds. The number of nitrogens with two attached hydrogens (primary N) is 1. The van der Waals surface area contributed by atoms with Crippen LogP contribution in [0.25, 0.3) is 0 Å². The molecule has 1 aliphatic rings. The van der Waals surface area contributed by atoms with Gasteiger partial charge in [-0.15, -0.1) is 0 Å². The van der Waals surface area contributed by atoms with Crippen molar-refractivity contribution < 1.29 is 9.59 Å². The largest absolute Gasteiger partial charge is 0.354 e. The molecule has 4 N–H and O–H groups in total. The molecule has 1 aliphatic carbocycles. The van der Waals surface area contributed by atoms with Crippen LogP contribution in [0.5, 0.6) is 0 Å². The highest BCUT2D eigenvalue weighted by atomic mass is 16.2. The minimum Gasteiger partial charge on any atom is -0.354 e. The number of amides is 2. The first-order chi connectivity index (χ1) is 6.61. The van der Waals surface area contributed by atoms with E-state index >= 15 is 0 Å². The van der Waals surface area contributed by atoms with Gasteiger partial charge >= 0.3 is 0 Å². The third kappa shape index (κ3) is 3.74. The Morgan fingerprint density at radius 2 is 1.93 bits per heavy atom. The Morgan fingerprint density at radius 1 is 1.36 bits per heavy atom. The molecule has 1 atom stereocenters. The summed E-state index contributed by atoms with van der Waals surface area (Å²) in [7, 11) is 0. The van der Waals surface area contributed by atoms with E-state index in [0.717, 1.165) is 12.8 Å². The predicted molar refractivity (Wildman–Crippen MR) is 52.4 cm³/mol. The smallest absolute Gasteiger partial charge is 0.236 e. The minimum absolute atomic E-state index is 0.0973. The van der Waals surface area contributed by atoms with Crippen LogP contribution in [-0.4, -0.2) is 30.9 Å². The summed E-state index contributed by atoms with van der Waals surface area (Å²) in [5, 5.41) is 5.36. The zero-order chi connectivity index (χ0) is 10.6. The van der Waals surface area contributed by atoms with E-state index in [2.05, 4.69) is 10.6 Å². The van der Waals surface area contributed by atoms with Crippen molar-refractivity contribution in [1.82, 2.24) is 10.6 Å².